The molecule has 1 aliphatic heterocycles. The number of nitrogens with zero attached hydrogens (tertiary/aromatic N) is 1. The summed E-state index contributed by atoms with van der Waals surface area (Å²) in [7, 11) is 0. The average molecular weight is 592 g/mol. The molecular weight excluding hydrogens is 546 g/mol. The summed E-state index contributed by atoms with van der Waals surface area (Å²) in [4.78, 5) is 55.3. The first-order valence-corrected chi connectivity index (χ1v) is 15.6. The van der Waals surface area contributed by atoms with Crippen molar-refractivity contribution in [3.63, 3.8) is 0 Å². The molecule has 2 atom stereocenters. The van der Waals surface area contributed by atoms with Gasteiger partial charge in [-0.05, 0) is 42.9 Å². The number of ether oxygens (including phenoxy) is 2. The first-order valence-electron chi connectivity index (χ1n) is 14.7. The van der Waals surface area contributed by atoms with E-state index in [0.717, 1.165) is 36.6 Å². The maximum absolute atomic E-state index is 13.8. The molecule has 1 aromatic carbocycles. The van der Waals surface area contributed by atoms with E-state index in [1.54, 1.807) is 12.1 Å². The number of aromatic hydroxyl groups is 1. The van der Waals surface area contributed by atoms with E-state index in [2.05, 4.69) is 10.6 Å². The van der Waals surface area contributed by atoms with Crippen LogP contribution in [0, 0.1) is 5.92 Å². The van der Waals surface area contributed by atoms with Gasteiger partial charge in [0.1, 0.15) is 17.3 Å². The molecule has 0 radical (unpaired) electrons. The molecule has 2 aliphatic rings. The molecule has 0 aromatic heterocycles. The highest BCUT2D eigenvalue weighted by atomic mass is 32.2. The zero-order chi connectivity index (χ0) is 29.8. The fourth-order valence-corrected chi connectivity index (χ4v) is 6.06. The Morgan fingerprint density at radius 3 is 2.37 bits per heavy atom. The number of carbonyl (C=O) groups excluding carboxylic acids is 4. The number of carbonyl (C=O) groups is 4. The van der Waals surface area contributed by atoms with Gasteiger partial charge in [-0.2, -0.15) is 0 Å². The van der Waals surface area contributed by atoms with Gasteiger partial charge in [0, 0.05) is 19.5 Å². The quantitative estimate of drug-likeness (QED) is 0.221. The summed E-state index contributed by atoms with van der Waals surface area (Å²) in [5.41, 5.74) is -0.422. The van der Waals surface area contributed by atoms with Crippen LogP contribution in [0.1, 0.15) is 64.9 Å². The van der Waals surface area contributed by atoms with Crippen LogP contribution < -0.4 is 10.6 Å². The Morgan fingerprint density at radius 2 is 1.76 bits per heavy atom. The van der Waals surface area contributed by atoms with Crippen molar-refractivity contribution in [2.24, 2.45) is 5.92 Å². The van der Waals surface area contributed by atoms with E-state index in [1.807, 2.05) is 25.7 Å². The van der Waals surface area contributed by atoms with Crippen LogP contribution in [0.4, 0.5) is 0 Å². The van der Waals surface area contributed by atoms with Crippen molar-refractivity contribution >= 4 is 34.7 Å². The molecule has 0 bridgehead atoms. The van der Waals surface area contributed by atoms with Crippen molar-refractivity contribution in [1.82, 2.24) is 15.5 Å². The fourth-order valence-electron chi connectivity index (χ4n) is 5.08. The average Bonchev–Trinajstić information content (AvgIpc) is 3.42. The van der Waals surface area contributed by atoms with Gasteiger partial charge < -0.3 is 25.2 Å². The normalized spacial score (nSPS) is 18.4. The van der Waals surface area contributed by atoms with E-state index >= 15 is 0 Å². The number of rotatable bonds is 14. The van der Waals surface area contributed by atoms with E-state index in [-0.39, 0.29) is 42.3 Å². The summed E-state index contributed by atoms with van der Waals surface area (Å²) in [6, 6.07) is 5.49. The molecule has 1 saturated carbocycles. The van der Waals surface area contributed by atoms with E-state index < -0.39 is 28.7 Å². The minimum atomic E-state index is -1.17. The van der Waals surface area contributed by atoms with E-state index in [4.69, 9.17) is 9.47 Å². The number of esters is 1. The number of phenols is 1. The lowest BCUT2D eigenvalue weighted by Crippen LogP contribution is -2.61. The van der Waals surface area contributed by atoms with Crippen LogP contribution in [0.25, 0.3) is 0 Å². The van der Waals surface area contributed by atoms with Crippen LogP contribution in [0.5, 0.6) is 5.75 Å². The number of thioether (sulfide) groups is 1. The van der Waals surface area contributed by atoms with Crippen molar-refractivity contribution in [2.75, 3.05) is 39.5 Å². The Bertz CT molecular complexity index is 1020. The van der Waals surface area contributed by atoms with Crippen LogP contribution >= 0.6 is 11.8 Å². The van der Waals surface area contributed by atoms with Gasteiger partial charge in [0.05, 0.1) is 31.6 Å². The van der Waals surface area contributed by atoms with Crippen LogP contribution in [-0.4, -0.2) is 89.2 Å². The Labute approximate surface area is 247 Å². The molecule has 228 valence electrons. The number of phenolic OH excluding ortho intramolecular Hbond substituents is 1. The number of morpholine rings is 1. The monoisotopic (exact) mass is 591 g/mol. The Balaban J connectivity index is 1.71. The second kappa shape index (κ2) is 16.1. The molecule has 2 amide bonds. The molecule has 3 N–H and O–H groups in total. The van der Waals surface area contributed by atoms with Crippen LogP contribution in [-0.2, 0) is 35.1 Å². The van der Waals surface area contributed by atoms with Crippen molar-refractivity contribution < 1.29 is 33.8 Å². The fraction of sp³-hybridized carbons (Fsp3) is 0.667. The van der Waals surface area contributed by atoms with Gasteiger partial charge in [-0.25, -0.2) is 4.79 Å². The first kappa shape index (κ1) is 32.9. The van der Waals surface area contributed by atoms with E-state index in [9.17, 15) is 24.3 Å². The highest BCUT2D eigenvalue weighted by molar-refractivity contribution is 8.14. The van der Waals surface area contributed by atoms with Gasteiger partial charge in [0.15, 0.2) is 0 Å². The SMILES string of the molecule is CCCCOC(=O)[C@H](Cc1ccc(O)cc1)NC(=O)C1(NC(=O)[C@H](SC(=O)CN2CCOCC2)C(C)C)CCCC1. The molecule has 0 spiro atoms. The predicted molar refractivity (Wildman–Crippen MR) is 157 cm³/mol. The minimum Gasteiger partial charge on any atom is -0.508 e. The zero-order valence-corrected chi connectivity index (χ0v) is 25.3. The molecule has 2 fully saturated rings. The first-order chi connectivity index (χ1) is 19.6. The van der Waals surface area contributed by atoms with Gasteiger partial charge in [0.2, 0.25) is 16.9 Å². The maximum atomic E-state index is 13.8. The van der Waals surface area contributed by atoms with Gasteiger partial charge in [0.25, 0.3) is 0 Å². The lowest BCUT2D eigenvalue weighted by atomic mass is 9.94. The molecule has 3 rings (SSSR count). The van der Waals surface area contributed by atoms with Crippen molar-refractivity contribution in [2.45, 2.75) is 82.5 Å². The summed E-state index contributed by atoms with van der Waals surface area (Å²) in [5, 5.41) is 14.8. The third-order valence-electron chi connectivity index (χ3n) is 7.54. The topological polar surface area (TPSA) is 134 Å². The highest BCUT2D eigenvalue weighted by Gasteiger charge is 2.45. The number of hydrogen-bond acceptors (Lipinski definition) is 9. The van der Waals surface area contributed by atoms with Crippen LogP contribution in [0.2, 0.25) is 0 Å². The molecule has 1 saturated heterocycles. The lowest BCUT2D eigenvalue weighted by Gasteiger charge is -2.33. The zero-order valence-electron chi connectivity index (χ0n) is 24.5. The van der Waals surface area contributed by atoms with E-state index in [1.165, 1.54) is 12.1 Å². The molecule has 10 nitrogen and oxygen atoms in total. The number of unbranched alkanes of at least 4 members (excludes halogenated alkanes) is 1. The van der Waals surface area contributed by atoms with Crippen molar-refractivity contribution in [3.05, 3.63) is 29.8 Å². The van der Waals surface area contributed by atoms with Crippen LogP contribution in [0.15, 0.2) is 24.3 Å². The van der Waals surface area contributed by atoms with Crippen molar-refractivity contribution in [3.8, 4) is 5.75 Å². The largest absolute Gasteiger partial charge is 0.508 e. The molecule has 41 heavy (non-hydrogen) atoms. The Morgan fingerprint density at radius 1 is 1.10 bits per heavy atom. The smallest absolute Gasteiger partial charge is 0.328 e. The van der Waals surface area contributed by atoms with Gasteiger partial charge in [-0.3, -0.25) is 19.3 Å². The number of benzene rings is 1. The predicted octanol–water partition coefficient (Wildman–Crippen LogP) is 2.81. The lowest BCUT2D eigenvalue weighted by molar-refractivity contribution is -0.149. The molecule has 1 aliphatic carbocycles. The maximum Gasteiger partial charge on any atom is 0.328 e. The van der Waals surface area contributed by atoms with Gasteiger partial charge in [-0.1, -0.05) is 63.9 Å². The Kier molecular flexibility index (Phi) is 12.9. The summed E-state index contributed by atoms with van der Waals surface area (Å²) < 4.78 is 10.8. The summed E-state index contributed by atoms with van der Waals surface area (Å²) >= 11 is 1.02. The minimum absolute atomic E-state index is 0.0885. The molecule has 1 heterocycles. The second-order valence-electron chi connectivity index (χ2n) is 11.2. The second-order valence-corrected chi connectivity index (χ2v) is 12.4. The highest BCUT2D eigenvalue weighted by Crippen LogP contribution is 2.32. The molecule has 0 unspecified atom stereocenters. The van der Waals surface area contributed by atoms with Gasteiger partial charge in [-0.15, -0.1) is 0 Å². The summed E-state index contributed by atoms with van der Waals surface area (Å²) in [6.45, 7) is 8.81. The summed E-state index contributed by atoms with van der Waals surface area (Å²) in [6.07, 6.45) is 4.16. The molecule has 11 heteroatoms. The third-order valence-corrected chi connectivity index (χ3v) is 8.95. The number of amides is 2. The third kappa shape index (κ3) is 10.0. The van der Waals surface area contributed by atoms with Crippen molar-refractivity contribution in [1.29, 1.82) is 0 Å². The van der Waals surface area contributed by atoms with Crippen LogP contribution in [0.3, 0.4) is 0 Å². The van der Waals surface area contributed by atoms with E-state index in [0.29, 0.717) is 45.6 Å². The standard InChI is InChI=1S/C30H45N3O7S/c1-4-5-16-40-28(37)24(19-22-8-10-23(34)11-9-22)31-29(38)30(12-6-7-13-30)32-27(36)26(21(2)3)41-25(35)20-33-14-17-39-18-15-33/h8-11,21,24,26,34H,4-7,12-20H2,1-3H3,(H,31,38)(H,32,36)/t24-,26+/m0/s1. The van der Waals surface area contributed by atoms with Gasteiger partial charge >= 0.3 is 5.97 Å². The molecular formula is C30H45N3O7S. The Hall–Kier alpha value is -2.63. The number of hydrogen-bond donors (Lipinski definition) is 3. The summed E-state index contributed by atoms with van der Waals surface area (Å²) in [5.74, 6) is -1.34. The molecule has 1 aromatic rings. The number of nitrogens with one attached hydrogen (secondary N) is 2.